The Labute approximate surface area is 103 Å². The highest BCUT2D eigenvalue weighted by atomic mass is 35.5. The van der Waals surface area contributed by atoms with Crippen LogP contribution in [0.15, 0.2) is 29.7 Å². The molecule has 2 N–H and O–H groups in total. The largest absolute Gasteiger partial charge is 0.384 e. The Morgan fingerprint density at radius 2 is 2.31 bits per heavy atom. The summed E-state index contributed by atoms with van der Waals surface area (Å²) >= 11 is 7.60. The summed E-state index contributed by atoms with van der Waals surface area (Å²) in [7, 11) is 1.95. The van der Waals surface area contributed by atoms with Crippen LogP contribution in [0.25, 0.3) is 0 Å². The van der Waals surface area contributed by atoms with E-state index in [1.165, 1.54) is 0 Å². The summed E-state index contributed by atoms with van der Waals surface area (Å²) < 4.78 is 1.95. The van der Waals surface area contributed by atoms with E-state index in [4.69, 9.17) is 17.3 Å². The quantitative estimate of drug-likeness (QED) is 0.855. The van der Waals surface area contributed by atoms with Crippen molar-refractivity contribution in [3.05, 3.63) is 35.2 Å². The minimum Gasteiger partial charge on any atom is -0.384 e. The molecule has 4 nitrogen and oxygen atoms in total. The van der Waals surface area contributed by atoms with E-state index in [-0.39, 0.29) is 0 Å². The first-order chi connectivity index (χ1) is 7.66. The average molecular weight is 255 g/mol. The van der Waals surface area contributed by atoms with E-state index in [2.05, 4.69) is 9.97 Å². The van der Waals surface area contributed by atoms with E-state index in [9.17, 15) is 0 Å². The number of aromatic nitrogens is 3. The number of rotatable bonds is 3. The highest BCUT2D eigenvalue weighted by molar-refractivity contribution is 7.98. The van der Waals surface area contributed by atoms with Crippen molar-refractivity contribution in [1.82, 2.24) is 14.5 Å². The summed E-state index contributed by atoms with van der Waals surface area (Å²) in [6.07, 6.45) is 3.66. The number of hydrogen-bond donors (Lipinski definition) is 1. The molecule has 0 aliphatic rings. The molecule has 0 saturated heterocycles. The second-order valence-electron chi connectivity index (χ2n) is 3.27. The number of aryl methyl sites for hydroxylation is 1. The number of nitrogens with two attached hydrogens (primary N) is 1. The van der Waals surface area contributed by atoms with Crippen molar-refractivity contribution in [3.8, 4) is 0 Å². The number of anilines is 1. The van der Waals surface area contributed by atoms with Crippen molar-refractivity contribution >= 4 is 29.2 Å². The molecule has 6 heteroatoms. The molecule has 0 aromatic carbocycles. The molecule has 0 bridgehead atoms. The number of imidazole rings is 1. The van der Waals surface area contributed by atoms with Crippen LogP contribution >= 0.6 is 23.4 Å². The smallest absolute Gasteiger partial charge is 0.168 e. The van der Waals surface area contributed by atoms with Gasteiger partial charge in [-0.3, -0.25) is 0 Å². The Bertz CT molecular complexity index is 497. The van der Waals surface area contributed by atoms with Crippen LogP contribution in [0.2, 0.25) is 5.02 Å². The predicted octanol–water partition coefficient (Wildman–Crippen LogP) is 2.34. The van der Waals surface area contributed by atoms with Gasteiger partial charge < -0.3 is 10.3 Å². The van der Waals surface area contributed by atoms with Gasteiger partial charge >= 0.3 is 0 Å². The first kappa shape index (κ1) is 11.3. The summed E-state index contributed by atoms with van der Waals surface area (Å²) in [6.45, 7) is 0. The van der Waals surface area contributed by atoms with E-state index in [1.807, 2.05) is 17.8 Å². The Kier molecular flexibility index (Phi) is 3.36. The van der Waals surface area contributed by atoms with Crippen LogP contribution in [0.5, 0.6) is 0 Å². The topological polar surface area (TPSA) is 56.7 Å². The Hall–Kier alpha value is -1.20. The molecule has 16 heavy (non-hydrogen) atoms. The molecule has 2 heterocycles. The van der Waals surface area contributed by atoms with Crippen LogP contribution < -0.4 is 5.73 Å². The lowest BCUT2D eigenvalue weighted by atomic mass is 10.4. The zero-order chi connectivity index (χ0) is 11.5. The monoisotopic (exact) mass is 254 g/mol. The number of nitrogens with zero attached hydrogens (tertiary/aromatic N) is 3. The lowest BCUT2D eigenvalue weighted by molar-refractivity contribution is 0.789. The molecule has 2 aromatic heterocycles. The van der Waals surface area contributed by atoms with Crippen LogP contribution in [-0.2, 0) is 12.8 Å². The molecule has 0 radical (unpaired) electrons. The van der Waals surface area contributed by atoms with Crippen molar-refractivity contribution in [1.29, 1.82) is 0 Å². The fraction of sp³-hybridized carbons (Fsp3) is 0.200. The summed E-state index contributed by atoms with van der Waals surface area (Å²) in [5.41, 5.74) is 6.39. The van der Waals surface area contributed by atoms with Crippen LogP contribution in [0.3, 0.4) is 0 Å². The SMILES string of the molecule is Cn1ccnc1SCc1nc(N)ccc1Cl. The van der Waals surface area contributed by atoms with Gasteiger partial charge in [0.1, 0.15) is 5.82 Å². The highest BCUT2D eigenvalue weighted by Crippen LogP contribution is 2.24. The van der Waals surface area contributed by atoms with Gasteiger partial charge in [-0.05, 0) is 12.1 Å². The van der Waals surface area contributed by atoms with Gasteiger partial charge in [0.2, 0.25) is 0 Å². The van der Waals surface area contributed by atoms with Gasteiger partial charge in [0.05, 0.1) is 10.7 Å². The number of pyridine rings is 1. The van der Waals surface area contributed by atoms with Gasteiger partial charge in [-0.25, -0.2) is 9.97 Å². The maximum atomic E-state index is 6.02. The Balaban J connectivity index is 2.10. The first-order valence-electron chi connectivity index (χ1n) is 4.68. The van der Waals surface area contributed by atoms with E-state index < -0.39 is 0 Å². The van der Waals surface area contributed by atoms with Crippen molar-refractivity contribution in [3.63, 3.8) is 0 Å². The summed E-state index contributed by atoms with van der Waals surface area (Å²) in [6, 6.07) is 3.45. The third-order valence-corrected chi connectivity index (χ3v) is 3.47. The molecule has 0 saturated carbocycles. The van der Waals surface area contributed by atoms with Crippen molar-refractivity contribution < 1.29 is 0 Å². The number of hydrogen-bond acceptors (Lipinski definition) is 4. The third-order valence-electron chi connectivity index (χ3n) is 2.06. The molecule has 0 unspecified atom stereocenters. The maximum Gasteiger partial charge on any atom is 0.168 e. The number of halogens is 1. The van der Waals surface area contributed by atoms with Crippen molar-refractivity contribution in [2.45, 2.75) is 10.9 Å². The number of nitrogen functional groups attached to an aromatic ring is 1. The molecular weight excluding hydrogens is 244 g/mol. The molecule has 84 valence electrons. The molecular formula is C10H11ClN4S. The fourth-order valence-corrected chi connectivity index (χ4v) is 2.36. The second kappa shape index (κ2) is 4.76. The van der Waals surface area contributed by atoms with Crippen LogP contribution in [-0.4, -0.2) is 14.5 Å². The van der Waals surface area contributed by atoms with E-state index in [0.29, 0.717) is 16.6 Å². The minimum absolute atomic E-state index is 0.486. The predicted molar refractivity (Wildman–Crippen MR) is 66.4 cm³/mol. The van der Waals surface area contributed by atoms with Gasteiger partial charge in [0.25, 0.3) is 0 Å². The van der Waals surface area contributed by atoms with Gasteiger partial charge in [0.15, 0.2) is 5.16 Å². The summed E-state index contributed by atoms with van der Waals surface area (Å²) in [5.74, 6) is 1.15. The van der Waals surface area contributed by atoms with Gasteiger partial charge in [-0.2, -0.15) is 0 Å². The lowest BCUT2D eigenvalue weighted by Gasteiger charge is -2.04. The van der Waals surface area contributed by atoms with Crippen molar-refractivity contribution in [2.24, 2.45) is 7.05 Å². The van der Waals surface area contributed by atoms with Gasteiger partial charge in [-0.1, -0.05) is 23.4 Å². The summed E-state index contributed by atoms with van der Waals surface area (Å²) in [4.78, 5) is 8.40. The molecule has 0 aliphatic carbocycles. The van der Waals surface area contributed by atoms with E-state index in [1.54, 1.807) is 30.1 Å². The fourth-order valence-electron chi connectivity index (χ4n) is 1.23. The highest BCUT2D eigenvalue weighted by Gasteiger charge is 2.06. The molecule has 2 rings (SSSR count). The lowest BCUT2D eigenvalue weighted by Crippen LogP contribution is -1.96. The van der Waals surface area contributed by atoms with Gasteiger partial charge in [0, 0.05) is 25.2 Å². The molecule has 2 aromatic rings. The van der Waals surface area contributed by atoms with E-state index in [0.717, 1.165) is 10.9 Å². The van der Waals surface area contributed by atoms with Crippen LogP contribution in [0.1, 0.15) is 5.69 Å². The van der Waals surface area contributed by atoms with Crippen LogP contribution in [0, 0.1) is 0 Å². The number of thioether (sulfide) groups is 1. The maximum absolute atomic E-state index is 6.02. The standard InChI is InChI=1S/C10H11ClN4S/c1-15-5-4-13-10(15)16-6-8-7(11)2-3-9(12)14-8/h2-5H,6H2,1H3,(H2,12,14). The Morgan fingerprint density at radius 1 is 1.50 bits per heavy atom. The summed E-state index contributed by atoms with van der Waals surface area (Å²) in [5, 5.41) is 1.57. The molecule has 0 spiro atoms. The molecule has 0 aliphatic heterocycles. The van der Waals surface area contributed by atoms with Crippen molar-refractivity contribution in [2.75, 3.05) is 5.73 Å². The minimum atomic E-state index is 0.486. The van der Waals surface area contributed by atoms with E-state index >= 15 is 0 Å². The van der Waals surface area contributed by atoms with Crippen LogP contribution in [0.4, 0.5) is 5.82 Å². The molecule has 0 amide bonds. The second-order valence-corrected chi connectivity index (χ2v) is 4.62. The normalized spacial score (nSPS) is 10.6. The zero-order valence-electron chi connectivity index (χ0n) is 8.72. The zero-order valence-corrected chi connectivity index (χ0v) is 10.3. The molecule has 0 atom stereocenters. The van der Waals surface area contributed by atoms with Gasteiger partial charge in [-0.15, -0.1) is 0 Å². The average Bonchev–Trinajstić information content (AvgIpc) is 2.66. The first-order valence-corrected chi connectivity index (χ1v) is 6.04. The molecule has 0 fully saturated rings. The third kappa shape index (κ3) is 2.48. The Morgan fingerprint density at radius 3 is 3.00 bits per heavy atom.